The molecule has 29 heavy (non-hydrogen) atoms. The summed E-state index contributed by atoms with van der Waals surface area (Å²) in [6.07, 6.45) is -1.03. The first-order valence-corrected chi connectivity index (χ1v) is 10.2. The van der Waals surface area contributed by atoms with Gasteiger partial charge in [0.05, 0.1) is 16.8 Å². The van der Waals surface area contributed by atoms with Crippen LogP contribution in [0.1, 0.15) is 12.2 Å². The Bertz CT molecular complexity index is 1120. The molecule has 0 saturated heterocycles. The van der Waals surface area contributed by atoms with Crippen molar-refractivity contribution in [3.05, 3.63) is 60.6 Å². The summed E-state index contributed by atoms with van der Waals surface area (Å²) in [5.41, 5.74) is 2.24. The lowest BCUT2D eigenvalue weighted by atomic mass is 10.1. The van der Waals surface area contributed by atoms with E-state index >= 15 is 0 Å². The predicted octanol–water partition coefficient (Wildman–Crippen LogP) is 4.20. The third-order valence-electron chi connectivity index (χ3n) is 4.52. The molecule has 0 amide bonds. The molecule has 0 spiro atoms. The number of imidazole rings is 1. The maximum absolute atomic E-state index is 12.5. The van der Waals surface area contributed by atoms with Gasteiger partial charge in [-0.2, -0.15) is 0 Å². The Hall–Kier alpha value is -3.01. The van der Waals surface area contributed by atoms with Crippen LogP contribution in [0.25, 0.3) is 11.3 Å². The van der Waals surface area contributed by atoms with Crippen LogP contribution in [-0.2, 0) is 23.0 Å². The van der Waals surface area contributed by atoms with Crippen LogP contribution in [0, 0.1) is 0 Å². The van der Waals surface area contributed by atoms with Gasteiger partial charge in [0.15, 0.2) is 0 Å². The Morgan fingerprint density at radius 3 is 2.38 bits per heavy atom. The third-order valence-corrected chi connectivity index (χ3v) is 5.92. The van der Waals surface area contributed by atoms with E-state index in [4.69, 9.17) is 0 Å². The SMILES string of the molecule is O=S(=O)(Nc1ccc(-c2cnc3n2CCC3)cc1)c1ccc(OC(F)(F)F)cc1. The Labute approximate surface area is 165 Å². The fourth-order valence-corrected chi connectivity index (χ4v) is 4.29. The maximum Gasteiger partial charge on any atom is 0.573 e. The molecule has 152 valence electrons. The van der Waals surface area contributed by atoms with E-state index < -0.39 is 22.1 Å². The van der Waals surface area contributed by atoms with E-state index in [1.54, 1.807) is 30.5 Å². The van der Waals surface area contributed by atoms with Crippen molar-refractivity contribution >= 4 is 15.7 Å². The summed E-state index contributed by atoms with van der Waals surface area (Å²) < 4.78 is 69.9. The zero-order valence-corrected chi connectivity index (χ0v) is 15.8. The molecule has 3 aromatic rings. The zero-order valence-electron chi connectivity index (χ0n) is 15.0. The number of ether oxygens (including phenoxy) is 1. The average Bonchev–Trinajstić information content (AvgIpc) is 3.25. The van der Waals surface area contributed by atoms with Gasteiger partial charge in [-0.15, -0.1) is 13.2 Å². The second-order valence-corrected chi connectivity index (χ2v) is 8.20. The molecule has 0 aliphatic carbocycles. The number of alkyl halides is 3. The molecule has 2 heterocycles. The first-order valence-electron chi connectivity index (χ1n) is 8.75. The molecule has 1 N–H and O–H groups in total. The minimum Gasteiger partial charge on any atom is -0.406 e. The van der Waals surface area contributed by atoms with Crippen molar-refractivity contribution in [1.29, 1.82) is 0 Å². The molecule has 0 radical (unpaired) electrons. The second kappa shape index (κ2) is 7.11. The number of nitrogens with zero attached hydrogens (tertiary/aromatic N) is 2. The van der Waals surface area contributed by atoms with Crippen LogP contribution >= 0.6 is 0 Å². The highest BCUT2D eigenvalue weighted by Crippen LogP contribution is 2.28. The standard InChI is InChI=1S/C19H16F3N3O3S/c20-19(21,22)28-15-7-9-16(10-8-15)29(26,27)24-14-5-3-13(4-6-14)17-12-23-18-2-1-11-25(17)18/h3-10,12,24H,1-2,11H2. The molecule has 4 rings (SSSR count). The topological polar surface area (TPSA) is 73.2 Å². The number of rotatable bonds is 5. The van der Waals surface area contributed by atoms with Crippen molar-refractivity contribution in [1.82, 2.24) is 9.55 Å². The fraction of sp³-hybridized carbons (Fsp3) is 0.211. The molecule has 0 unspecified atom stereocenters. The van der Waals surface area contributed by atoms with Crippen LogP contribution in [0.3, 0.4) is 0 Å². The van der Waals surface area contributed by atoms with Gasteiger partial charge in [0.25, 0.3) is 10.0 Å². The average molecular weight is 423 g/mol. The molecule has 0 fully saturated rings. The lowest BCUT2D eigenvalue weighted by molar-refractivity contribution is -0.274. The zero-order chi connectivity index (χ0) is 20.6. The van der Waals surface area contributed by atoms with Crippen molar-refractivity contribution in [2.24, 2.45) is 0 Å². The van der Waals surface area contributed by atoms with Gasteiger partial charge in [0.2, 0.25) is 0 Å². The van der Waals surface area contributed by atoms with E-state index in [0.717, 1.165) is 60.7 Å². The minimum atomic E-state index is -4.84. The molecule has 10 heteroatoms. The number of anilines is 1. The van der Waals surface area contributed by atoms with Gasteiger partial charge in [-0.3, -0.25) is 4.72 Å². The highest BCUT2D eigenvalue weighted by atomic mass is 32.2. The number of hydrogen-bond donors (Lipinski definition) is 1. The van der Waals surface area contributed by atoms with Gasteiger partial charge in [0.1, 0.15) is 11.6 Å². The van der Waals surface area contributed by atoms with Gasteiger partial charge < -0.3 is 9.30 Å². The highest BCUT2D eigenvalue weighted by Gasteiger charge is 2.31. The van der Waals surface area contributed by atoms with Crippen molar-refractivity contribution < 1.29 is 26.3 Å². The smallest absolute Gasteiger partial charge is 0.406 e. The summed E-state index contributed by atoms with van der Waals surface area (Å²) in [4.78, 5) is 4.22. The van der Waals surface area contributed by atoms with Crippen LogP contribution in [0.2, 0.25) is 0 Å². The monoisotopic (exact) mass is 423 g/mol. The van der Waals surface area contributed by atoms with Crippen molar-refractivity contribution in [2.45, 2.75) is 30.6 Å². The van der Waals surface area contributed by atoms with Gasteiger partial charge in [0, 0.05) is 18.7 Å². The van der Waals surface area contributed by atoms with E-state index in [2.05, 4.69) is 19.0 Å². The minimum absolute atomic E-state index is 0.176. The molecular weight excluding hydrogens is 407 g/mol. The van der Waals surface area contributed by atoms with Crippen LogP contribution in [0.5, 0.6) is 5.75 Å². The molecule has 1 aliphatic rings. The molecule has 6 nitrogen and oxygen atoms in total. The van der Waals surface area contributed by atoms with Crippen LogP contribution < -0.4 is 9.46 Å². The van der Waals surface area contributed by atoms with Crippen LogP contribution in [-0.4, -0.2) is 24.3 Å². The summed E-state index contributed by atoms with van der Waals surface area (Å²) in [6, 6.07) is 10.8. The summed E-state index contributed by atoms with van der Waals surface area (Å²) in [5.74, 6) is 0.553. The fourth-order valence-electron chi connectivity index (χ4n) is 3.23. The first-order chi connectivity index (χ1) is 13.7. The van der Waals surface area contributed by atoms with Crippen LogP contribution in [0.15, 0.2) is 59.6 Å². The lowest BCUT2D eigenvalue weighted by Gasteiger charge is -2.11. The molecule has 1 aromatic heterocycles. The first kappa shape index (κ1) is 19.3. The van der Waals surface area contributed by atoms with E-state index in [1.807, 2.05) is 0 Å². The predicted molar refractivity (Wildman–Crippen MR) is 99.9 cm³/mol. The Balaban J connectivity index is 1.49. The maximum atomic E-state index is 12.5. The second-order valence-electron chi connectivity index (χ2n) is 6.52. The summed E-state index contributed by atoms with van der Waals surface area (Å²) in [5, 5.41) is 0. The summed E-state index contributed by atoms with van der Waals surface area (Å²) in [7, 11) is -3.95. The van der Waals surface area contributed by atoms with Crippen molar-refractivity contribution in [3.63, 3.8) is 0 Å². The number of fused-ring (bicyclic) bond motifs is 1. The number of aryl methyl sites for hydroxylation is 1. The number of nitrogens with one attached hydrogen (secondary N) is 1. The number of halogens is 3. The number of benzene rings is 2. The number of hydrogen-bond acceptors (Lipinski definition) is 4. The molecule has 0 bridgehead atoms. The van der Waals surface area contributed by atoms with Gasteiger partial charge in [-0.25, -0.2) is 13.4 Å². The lowest BCUT2D eigenvalue weighted by Crippen LogP contribution is -2.17. The van der Waals surface area contributed by atoms with E-state index in [-0.39, 0.29) is 4.90 Å². The van der Waals surface area contributed by atoms with E-state index in [1.165, 1.54) is 0 Å². The Morgan fingerprint density at radius 1 is 1.03 bits per heavy atom. The van der Waals surface area contributed by atoms with Gasteiger partial charge >= 0.3 is 6.36 Å². The number of sulfonamides is 1. The molecule has 0 atom stereocenters. The van der Waals surface area contributed by atoms with Gasteiger partial charge in [-0.1, -0.05) is 12.1 Å². The Kier molecular flexibility index (Phi) is 4.73. The van der Waals surface area contributed by atoms with Gasteiger partial charge in [-0.05, 0) is 48.4 Å². The molecule has 1 aliphatic heterocycles. The molecule has 2 aromatic carbocycles. The molecule has 0 saturated carbocycles. The normalized spacial score (nSPS) is 13.9. The number of aromatic nitrogens is 2. The highest BCUT2D eigenvalue weighted by molar-refractivity contribution is 7.92. The van der Waals surface area contributed by atoms with Crippen molar-refractivity contribution in [2.75, 3.05) is 4.72 Å². The van der Waals surface area contributed by atoms with E-state index in [0.29, 0.717) is 5.69 Å². The summed E-state index contributed by atoms with van der Waals surface area (Å²) in [6.45, 7) is 0.910. The summed E-state index contributed by atoms with van der Waals surface area (Å²) >= 11 is 0. The molecular formula is C19H16F3N3O3S. The largest absolute Gasteiger partial charge is 0.573 e. The van der Waals surface area contributed by atoms with Crippen LogP contribution in [0.4, 0.5) is 18.9 Å². The third kappa shape index (κ3) is 4.21. The Morgan fingerprint density at radius 2 is 1.72 bits per heavy atom. The van der Waals surface area contributed by atoms with Crippen molar-refractivity contribution in [3.8, 4) is 17.0 Å². The quantitative estimate of drug-likeness (QED) is 0.668. The van der Waals surface area contributed by atoms with E-state index in [9.17, 15) is 21.6 Å².